The Hall–Kier alpha value is -9.33. The molecule has 408 valence electrons. The fourth-order valence-electron chi connectivity index (χ4n) is 8.83. The first-order valence-corrected chi connectivity index (χ1v) is 25.4. The molecule has 0 unspecified atom stereocenters. The molecule has 2 aliphatic heterocycles. The van der Waals surface area contributed by atoms with E-state index in [0.29, 0.717) is 0 Å². The maximum atomic E-state index is 14.3. The Kier molecular flexibility index (Phi) is 18.6. The Bertz CT molecular complexity index is 3190. The van der Waals surface area contributed by atoms with Gasteiger partial charge < -0.3 is 52.5 Å². The summed E-state index contributed by atoms with van der Waals surface area (Å²) in [6, 6.07) is 54.9. The summed E-state index contributed by atoms with van der Waals surface area (Å²) < 4.78 is 61.5. The minimum Gasteiger partial charge on any atom is -0.462 e. The van der Waals surface area contributed by atoms with Crippen LogP contribution in [0.4, 0.5) is 0 Å². The second kappa shape index (κ2) is 26.8. The van der Waals surface area contributed by atoms with Crippen LogP contribution in [0.3, 0.4) is 0 Å². The molecule has 0 aromatic heterocycles. The average Bonchev–Trinajstić information content (AvgIpc) is 3.70. The molecule has 7 aromatic rings. The lowest BCUT2D eigenvalue weighted by atomic mass is 9.89. The lowest BCUT2D eigenvalue weighted by molar-refractivity contribution is -0.320. The molecule has 2 heterocycles. The van der Waals surface area contributed by atoms with Crippen LogP contribution in [0.2, 0.25) is 0 Å². The van der Waals surface area contributed by atoms with Crippen molar-refractivity contribution in [3.63, 3.8) is 0 Å². The molecule has 10 atom stereocenters. The third-order valence-electron chi connectivity index (χ3n) is 12.9. The predicted molar refractivity (Wildman–Crippen MR) is 281 cm³/mol. The summed E-state index contributed by atoms with van der Waals surface area (Å²) in [5, 5.41) is 11.9. The summed E-state index contributed by atoms with van der Waals surface area (Å²) in [5.41, 5.74) is 0.603. The van der Waals surface area contributed by atoms with Crippen LogP contribution in [-0.2, 0) is 47.4 Å². The van der Waals surface area contributed by atoms with Crippen molar-refractivity contribution in [3.05, 3.63) is 251 Å². The minimum absolute atomic E-state index is 0.0364. The normalized spacial score (nSPS) is 22.3. The molecule has 9 rings (SSSR count). The van der Waals surface area contributed by atoms with E-state index in [1.807, 2.05) is 0 Å². The lowest BCUT2D eigenvalue weighted by Crippen LogP contribution is -2.64. The quantitative estimate of drug-likeness (QED) is 0.0599. The maximum absolute atomic E-state index is 14.3. The number of aliphatic hydroxyl groups is 1. The van der Waals surface area contributed by atoms with Crippen LogP contribution in [0.5, 0.6) is 0 Å². The van der Waals surface area contributed by atoms with Crippen LogP contribution in [0.15, 0.2) is 212 Å². The van der Waals surface area contributed by atoms with Crippen LogP contribution >= 0.6 is 0 Å². The van der Waals surface area contributed by atoms with Gasteiger partial charge in [0.05, 0.1) is 57.6 Å². The Labute approximate surface area is 458 Å². The number of ether oxygens (including phenoxy) is 10. The van der Waals surface area contributed by atoms with Gasteiger partial charge in [0.15, 0.2) is 43.1 Å². The Morgan fingerprint density at radius 2 is 0.613 bits per heavy atom. The van der Waals surface area contributed by atoms with Crippen molar-refractivity contribution in [3.8, 4) is 0 Å². The fourth-order valence-corrected chi connectivity index (χ4v) is 8.83. The molecule has 7 aromatic carbocycles. The predicted octanol–water partition coefficient (Wildman–Crippen LogP) is 7.90. The van der Waals surface area contributed by atoms with E-state index in [1.54, 1.807) is 127 Å². The summed E-state index contributed by atoms with van der Waals surface area (Å²) in [7, 11) is 0. The SMILES string of the molecule is O=C(OC[C@H]1[C@H](OC(=O)c2ccccc2)[C@@H](OC(=O)c2ccccc2)[C@H](O)O[C@H]1CO[C@@H]1O[C@H](COC(=O)c2ccccc2)[C@@H](OC(=O)c2ccccc2)[C@H](OC(=O)c2ccccc2)[C@H]1OC(=O)c1ccccc1)c1ccccc1. The molecule has 0 radical (unpaired) electrons. The minimum atomic E-state index is -2.06. The molecule has 80 heavy (non-hydrogen) atoms. The van der Waals surface area contributed by atoms with Gasteiger partial charge in [0.2, 0.25) is 0 Å². The highest BCUT2D eigenvalue weighted by atomic mass is 16.7. The zero-order valence-corrected chi connectivity index (χ0v) is 42.5. The van der Waals surface area contributed by atoms with E-state index < -0.39 is 123 Å². The fraction of sp³-hybridized carbons (Fsp3) is 0.210. The summed E-state index contributed by atoms with van der Waals surface area (Å²) in [5.74, 6) is -7.68. The van der Waals surface area contributed by atoms with E-state index in [9.17, 15) is 38.7 Å². The molecular weight excluding hydrogens is 1030 g/mol. The van der Waals surface area contributed by atoms with E-state index >= 15 is 0 Å². The standard InChI is InChI=1S/C62H52O18/c63-54(39-22-8-1-9-23-39)71-36-46-47(74-61(70)52(79-59(68)44-32-18-6-19-33-44)49(46)76-56(65)41-26-12-3-13-27-41)37-73-62-53(80-60(69)45-34-20-7-21-35-45)51(78-58(67)43-30-16-5-17-31-43)50(77-57(66)42-28-14-4-15-29-42)48(75-62)38-72-55(64)40-24-10-2-11-25-40/h1-35,46-53,61-62,70H,36-38H2/t46-,47+,48-,49+,50-,51+,52-,53-,61-,62-/m1/s1. The van der Waals surface area contributed by atoms with Gasteiger partial charge in [-0.05, 0) is 84.9 Å². The number of hydrogen-bond acceptors (Lipinski definition) is 18. The van der Waals surface area contributed by atoms with Crippen LogP contribution in [0.25, 0.3) is 0 Å². The molecule has 0 aliphatic carbocycles. The number of benzene rings is 7. The number of carbonyl (C=O) groups is 7. The maximum Gasteiger partial charge on any atom is 0.338 e. The molecule has 18 heteroatoms. The molecule has 0 spiro atoms. The van der Waals surface area contributed by atoms with E-state index in [-0.39, 0.29) is 38.9 Å². The van der Waals surface area contributed by atoms with Gasteiger partial charge in [0.1, 0.15) is 19.3 Å². The first kappa shape index (κ1) is 55.4. The number of esters is 7. The van der Waals surface area contributed by atoms with Crippen molar-refractivity contribution in [2.75, 3.05) is 19.8 Å². The molecule has 0 saturated carbocycles. The van der Waals surface area contributed by atoms with Gasteiger partial charge in [-0.1, -0.05) is 127 Å². The van der Waals surface area contributed by atoms with Crippen LogP contribution in [0, 0.1) is 5.92 Å². The van der Waals surface area contributed by atoms with Gasteiger partial charge in [0.25, 0.3) is 0 Å². The third kappa shape index (κ3) is 14.0. The number of carbonyl (C=O) groups excluding carboxylic acids is 7. The second-order valence-electron chi connectivity index (χ2n) is 18.2. The lowest BCUT2D eigenvalue weighted by Gasteiger charge is -2.46. The molecule has 2 saturated heterocycles. The highest BCUT2D eigenvalue weighted by molar-refractivity contribution is 5.93. The van der Waals surface area contributed by atoms with Crippen LogP contribution in [0.1, 0.15) is 72.5 Å². The first-order valence-electron chi connectivity index (χ1n) is 25.4. The Morgan fingerprint density at radius 1 is 0.312 bits per heavy atom. The summed E-state index contributed by atoms with van der Waals surface area (Å²) in [6.07, 6.45) is -15.8. The largest absolute Gasteiger partial charge is 0.462 e. The molecule has 2 aliphatic rings. The van der Waals surface area contributed by atoms with E-state index in [4.69, 9.17) is 47.4 Å². The molecule has 0 bridgehead atoms. The van der Waals surface area contributed by atoms with Gasteiger partial charge in [-0.15, -0.1) is 0 Å². The Balaban J connectivity index is 1.11. The van der Waals surface area contributed by atoms with Crippen molar-refractivity contribution >= 4 is 41.8 Å². The highest BCUT2D eigenvalue weighted by Crippen LogP contribution is 2.36. The summed E-state index contributed by atoms with van der Waals surface area (Å²) >= 11 is 0. The zero-order valence-electron chi connectivity index (χ0n) is 42.5. The van der Waals surface area contributed by atoms with E-state index in [2.05, 4.69) is 0 Å². The van der Waals surface area contributed by atoms with Crippen molar-refractivity contribution in [1.29, 1.82) is 0 Å². The van der Waals surface area contributed by atoms with Crippen molar-refractivity contribution in [2.24, 2.45) is 5.92 Å². The Morgan fingerprint density at radius 3 is 0.988 bits per heavy atom. The number of rotatable bonds is 19. The molecule has 18 nitrogen and oxygen atoms in total. The first-order chi connectivity index (χ1) is 39.0. The van der Waals surface area contributed by atoms with Crippen molar-refractivity contribution in [2.45, 2.75) is 55.3 Å². The van der Waals surface area contributed by atoms with Crippen molar-refractivity contribution < 1.29 is 86.0 Å². The molecule has 2 fully saturated rings. The number of aliphatic hydroxyl groups excluding tert-OH is 1. The topological polar surface area (TPSA) is 232 Å². The van der Waals surface area contributed by atoms with Crippen molar-refractivity contribution in [1.82, 2.24) is 0 Å². The molecule has 0 amide bonds. The van der Waals surface area contributed by atoms with Gasteiger partial charge in [0, 0.05) is 0 Å². The average molecular weight is 1090 g/mol. The van der Waals surface area contributed by atoms with Gasteiger partial charge in [-0.25, -0.2) is 33.6 Å². The molecular formula is C62H52O18. The number of hydrogen-bond donors (Lipinski definition) is 1. The molecule has 1 N–H and O–H groups in total. The smallest absolute Gasteiger partial charge is 0.338 e. The zero-order chi connectivity index (χ0) is 55.8. The third-order valence-corrected chi connectivity index (χ3v) is 12.9. The highest BCUT2D eigenvalue weighted by Gasteiger charge is 2.56. The monoisotopic (exact) mass is 1080 g/mol. The van der Waals surface area contributed by atoms with E-state index in [1.165, 1.54) is 84.9 Å². The van der Waals surface area contributed by atoms with E-state index in [0.717, 1.165) is 0 Å². The summed E-state index contributed by atoms with van der Waals surface area (Å²) in [6.45, 7) is -2.01. The van der Waals surface area contributed by atoms with Gasteiger partial charge >= 0.3 is 41.8 Å². The second-order valence-corrected chi connectivity index (χ2v) is 18.2. The van der Waals surface area contributed by atoms with Gasteiger partial charge in [-0.2, -0.15) is 0 Å². The van der Waals surface area contributed by atoms with Crippen LogP contribution < -0.4 is 0 Å². The van der Waals surface area contributed by atoms with Gasteiger partial charge in [-0.3, -0.25) is 0 Å². The van der Waals surface area contributed by atoms with Crippen LogP contribution in [-0.4, -0.2) is 122 Å². The summed E-state index contributed by atoms with van der Waals surface area (Å²) in [4.78, 5) is 97.7.